The monoisotopic (exact) mass is 466 g/mol. The van der Waals surface area contributed by atoms with Gasteiger partial charge >= 0.3 is 0 Å². The number of ether oxygens (including phenoxy) is 1. The molecular weight excluding hydrogens is 432 g/mol. The molecule has 0 unspecified atom stereocenters. The van der Waals surface area contributed by atoms with Gasteiger partial charge in [-0.05, 0) is 52.7 Å². The number of nitrogens with one attached hydrogen (secondary N) is 1. The lowest BCUT2D eigenvalue weighted by molar-refractivity contribution is 0.161. The Labute approximate surface area is 200 Å². The summed E-state index contributed by atoms with van der Waals surface area (Å²) in [5.41, 5.74) is 4.68. The standard InChI is InChI=1S/C25H34N6OS/c1-24(2)11-18(12-25(3,4)28-24)30(7)23-27-22-21(33-23)20-9-8-17(10-16(20)15-32-22)31-14-19(13-26-31)29(5)6/h8-10,13-14,18,28H,11-12,15H2,1-7H3. The molecule has 5 rings (SSSR count). The van der Waals surface area contributed by atoms with Crippen LogP contribution in [0.3, 0.4) is 0 Å². The molecule has 176 valence electrons. The van der Waals surface area contributed by atoms with E-state index >= 15 is 0 Å². The Balaban J connectivity index is 1.42. The first-order chi connectivity index (χ1) is 15.5. The van der Waals surface area contributed by atoms with Gasteiger partial charge in [0.15, 0.2) is 5.13 Å². The van der Waals surface area contributed by atoms with Crippen molar-refractivity contribution in [3.8, 4) is 22.0 Å². The van der Waals surface area contributed by atoms with Crippen LogP contribution in [0.15, 0.2) is 30.6 Å². The fraction of sp³-hybridized carbons (Fsp3) is 0.520. The first-order valence-corrected chi connectivity index (χ1v) is 12.3. The van der Waals surface area contributed by atoms with E-state index in [0.717, 1.165) is 40.1 Å². The summed E-state index contributed by atoms with van der Waals surface area (Å²) in [4.78, 5) is 10.4. The van der Waals surface area contributed by atoms with Gasteiger partial charge < -0.3 is 19.9 Å². The van der Waals surface area contributed by atoms with Gasteiger partial charge in [-0.1, -0.05) is 17.4 Å². The van der Waals surface area contributed by atoms with E-state index in [4.69, 9.17) is 9.72 Å². The molecular formula is C25H34N6OS. The maximum Gasteiger partial charge on any atom is 0.234 e. The molecule has 4 heterocycles. The highest BCUT2D eigenvalue weighted by Crippen LogP contribution is 2.46. The third-order valence-electron chi connectivity index (χ3n) is 6.65. The minimum absolute atomic E-state index is 0.0933. The zero-order valence-electron chi connectivity index (χ0n) is 20.6. The Kier molecular flexibility index (Phi) is 5.21. The number of anilines is 2. The number of nitrogens with zero attached hydrogens (tertiary/aromatic N) is 5. The Morgan fingerprint density at radius 1 is 1.12 bits per heavy atom. The van der Waals surface area contributed by atoms with Gasteiger partial charge in [0, 0.05) is 49.4 Å². The van der Waals surface area contributed by atoms with Crippen molar-refractivity contribution in [2.75, 3.05) is 30.9 Å². The van der Waals surface area contributed by atoms with Crippen LogP contribution in [0.25, 0.3) is 16.1 Å². The minimum Gasteiger partial charge on any atom is -0.472 e. The van der Waals surface area contributed by atoms with Crippen molar-refractivity contribution in [1.82, 2.24) is 20.1 Å². The van der Waals surface area contributed by atoms with Crippen LogP contribution in [-0.2, 0) is 6.61 Å². The van der Waals surface area contributed by atoms with Crippen LogP contribution >= 0.6 is 11.3 Å². The third kappa shape index (κ3) is 4.22. The van der Waals surface area contributed by atoms with Gasteiger partial charge in [-0.2, -0.15) is 10.1 Å². The Morgan fingerprint density at radius 3 is 2.52 bits per heavy atom. The van der Waals surface area contributed by atoms with E-state index in [1.165, 1.54) is 11.1 Å². The largest absolute Gasteiger partial charge is 0.472 e. The Bertz CT molecular complexity index is 1160. The second kappa shape index (κ2) is 7.74. The number of piperidine rings is 1. The van der Waals surface area contributed by atoms with E-state index in [0.29, 0.717) is 12.6 Å². The molecule has 2 aliphatic heterocycles. The number of benzene rings is 1. The van der Waals surface area contributed by atoms with Crippen molar-refractivity contribution in [3.63, 3.8) is 0 Å². The minimum atomic E-state index is 0.0933. The van der Waals surface area contributed by atoms with Crippen molar-refractivity contribution in [2.24, 2.45) is 0 Å². The van der Waals surface area contributed by atoms with Crippen LogP contribution in [0, 0.1) is 0 Å². The summed E-state index contributed by atoms with van der Waals surface area (Å²) in [6.07, 6.45) is 6.08. The number of aromatic nitrogens is 3. The number of fused-ring (bicyclic) bond motifs is 3. The number of hydrogen-bond acceptors (Lipinski definition) is 7. The second-order valence-corrected chi connectivity index (χ2v) is 11.8. The summed E-state index contributed by atoms with van der Waals surface area (Å²) in [6, 6.07) is 6.91. The van der Waals surface area contributed by atoms with Crippen LogP contribution in [0.5, 0.6) is 5.88 Å². The molecule has 0 radical (unpaired) electrons. The van der Waals surface area contributed by atoms with Crippen LogP contribution < -0.4 is 19.9 Å². The SMILES string of the molecule is CN(C)c1cnn(-c2ccc3c(c2)COc2nc(N(C)C4CC(C)(C)NC(C)(C)C4)sc2-3)c1. The Hall–Kier alpha value is -2.58. The molecule has 1 saturated heterocycles. The van der Waals surface area contributed by atoms with Gasteiger partial charge in [-0.3, -0.25) is 0 Å². The summed E-state index contributed by atoms with van der Waals surface area (Å²) >= 11 is 1.73. The van der Waals surface area contributed by atoms with E-state index in [9.17, 15) is 0 Å². The summed E-state index contributed by atoms with van der Waals surface area (Å²) in [5, 5.41) is 9.32. The lowest BCUT2D eigenvalue weighted by Crippen LogP contribution is -2.61. The molecule has 0 bridgehead atoms. The number of rotatable bonds is 4. The first kappa shape index (κ1) is 22.2. The average Bonchev–Trinajstić information content (AvgIpc) is 3.38. The van der Waals surface area contributed by atoms with Crippen molar-refractivity contribution in [1.29, 1.82) is 0 Å². The molecule has 33 heavy (non-hydrogen) atoms. The van der Waals surface area contributed by atoms with Crippen LogP contribution in [0.1, 0.15) is 46.1 Å². The predicted octanol–water partition coefficient (Wildman–Crippen LogP) is 4.70. The van der Waals surface area contributed by atoms with Gasteiger partial charge in [0.1, 0.15) is 11.5 Å². The van der Waals surface area contributed by atoms with Gasteiger partial charge in [-0.15, -0.1) is 0 Å². The summed E-state index contributed by atoms with van der Waals surface area (Å²) in [5.74, 6) is 0.753. The second-order valence-electron chi connectivity index (χ2n) is 10.9. The lowest BCUT2D eigenvalue weighted by atomic mass is 9.79. The summed E-state index contributed by atoms with van der Waals surface area (Å²) in [7, 11) is 6.22. The number of hydrogen-bond donors (Lipinski definition) is 1. The molecule has 1 fully saturated rings. The quantitative estimate of drug-likeness (QED) is 0.602. The third-order valence-corrected chi connectivity index (χ3v) is 7.81. The van der Waals surface area contributed by atoms with Crippen molar-refractivity contribution in [2.45, 2.75) is 64.3 Å². The van der Waals surface area contributed by atoms with Gasteiger partial charge in [0.2, 0.25) is 5.88 Å². The highest BCUT2D eigenvalue weighted by atomic mass is 32.1. The molecule has 8 heteroatoms. The van der Waals surface area contributed by atoms with E-state index < -0.39 is 0 Å². The molecule has 7 nitrogen and oxygen atoms in total. The van der Waals surface area contributed by atoms with E-state index in [1.54, 1.807) is 11.3 Å². The summed E-state index contributed by atoms with van der Waals surface area (Å²) in [6.45, 7) is 9.69. The van der Waals surface area contributed by atoms with Gasteiger partial charge in [0.05, 0.1) is 23.8 Å². The Morgan fingerprint density at radius 2 is 1.85 bits per heavy atom. The van der Waals surface area contributed by atoms with Crippen LogP contribution in [-0.4, -0.2) is 53.0 Å². The zero-order valence-corrected chi connectivity index (χ0v) is 21.5. The molecule has 0 spiro atoms. The molecule has 0 saturated carbocycles. The smallest absolute Gasteiger partial charge is 0.234 e. The van der Waals surface area contributed by atoms with E-state index in [2.05, 4.69) is 73.2 Å². The van der Waals surface area contributed by atoms with Gasteiger partial charge in [0.25, 0.3) is 0 Å². The molecule has 3 aromatic rings. The highest BCUT2D eigenvalue weighted by molar-refractivity contribution is 7.19. The average molecular weight is 467 g/mol. The highest BCUT2D eigenvalue weighted by Gasteiger charge is 2.40. The molecule has 2 aliphatic rings. The number of thiazole rings is 1. The van der Waals surface area contributed by atoms with E-state index in [-0.39, 0.29) is 11.1 Å². The normalized spacial score (nSPS) is 18.9. The van der Waals surface area contributed by atoms with Crippen molar-refractivity contribution in [3.05, 3.63) is 36.2 Å². The predicted molar refractivity (Wildman–Crippen MR) is 136 cm³/mol. The maximum absolute atomic E-state index is 6.11. The molecule has 0 amide bonds. The zero-order chi connectivity index (χ0) is 23.5. The van der Waals surface area contributed by atoms with Crippen LogP contribution in [0.2, 0.25) is 0 Å². The fourth-order valence-electron chi connectivity index (χ4n) is 5.31. The molecule has 0 atom stereocenters. The van der Waals surface area contributed by atoms with Crippen molar-refractivity contribution < 1.29 is 4.74 Å². The molecule has 1 N–H and O–H groups in total. The fourth-order valence-corrected chi connectivity index (χ4v) is 6.41. The summed E-state index contributed by atoms with van der Waals surface area (Å²) < 4.78 is 8.02. The molecule has 2 aromatic heterocycles. The topological polar surface area (TPSA) is 58.5 Å². The molecule has 0 aliphatic carbocycles. The van der Waals surface area contributed by atoms with Crippen molar-refractivity contribution >= 4 is 22.2 Å². The van der Waals surface area contributed by atoms with Crippen LogP contribution in [0.4, 0.5) is 10.8 Å². The lowest BCUT2D eigenvalue weighted by Gasteiger charge is -2.48. The van der Waals surface area contributed by atoms with Gasteiger partial charge in [-0.25, -0.2) is 4.68 Å². The molecule has 1 aromatic carbocycles. The van der Waals surface area contributed by atoms with E-state index in [1.807, 2.05) is 31.2 Å². The first-order valence-electron chi connectivity index (χ1n) is 11.5. The maximum atomic E-state index is 6.11.